The van der Waals surface area contributed by atoms with Crippen molar-refractivity contribution in [1.82, 2.24) is 9.55 Å². The van der Waals surface area contributed by atoms with Crippen LogP contribution in [0.4, 0.5) is 0 Å². The maximum absolute atomic E-state index is 5.84. The summed E-state index contributed by atoms with van der Waals surface area (Å²) < 4.78 is 7.29. The van der Waals surface area contributed by atoms with E-state index >= 15 is 0 Å². The monoisotopic (exact) mass is 224 g/mol. The van der Waals surface area contributed by atoms with Gasteiger partial charge in [0.25, 0.3) is 0 Å². The molecule has 0 amide bonds. The Kier molecular flexibility index (Phi) is 2.82. The number of alkyl halides is 1. The predicted octanol–water partition coefficient (Wildman–Crippen LogP) is 2.80. The third-order valence-corrected chi connectivity index (χ3v) is 2.71. The van der Waals surface area contributed by atoms with Crippen LogP contribution in [0.2, 0.25) is 0 Å². The SMILES string of the molecule is CCn1c(CCl)nc2ccc(OC)cc21. The number of ether oxygens (including phenoxy) is 1. The molecule has 2 aromatic rings. The number of hydrogen-bond donors (Lipinski definition) is 0. The highest BCUT2D eigenvalue weighted by Gasteiger charge is 2.08. The molecule has 0 fully saturated rings. The van der Waals surface area contributed by atoms with Crippen LogP contribution < -0.4 is 4.74 Å². The fraction of sp³-hybridized carbons (Fsp3) is 0.364. The molecular weight excluding hydrogens is 212 g/mol. The summed E-state index contributed by atoms with van der Waals surface area (Å²) in [7, 11) is 1.66. The Labute approximate surface area is 93.6 Å². The van der Waals surface area contributed by atoms with Gasteiger partial charge < -0.3 is 9.30 Å². The normalized spacial score (nSPS) is 10.9. The molecule has 1 aromatic carbocycles. The molecule has 0 saturated heterocycles. The summed E-state index contributed by atoms with van der Waals surface area (Å²) in [5.41, 5.74) is 2.04. The standard InChI is InChI=1S/C11H13ClN2O/c1-3-14-10-6-8(15-2)4-5-9(10)13-11(14)7-12/h4-6H,3,7H2,1-2H3. The first-order valence-electron chi connectivity index (χ1n) is 4.89. The number of benzene rings is 1. The smallest absolute Gasteiger partial charge is 0.124 e. The Morgan fingerprint density at radius 1 is 1.47 bits per heavy atom. The van der Waals surface area contributed by atoms with E-state index in [1.807, 2.05) is 18.2 Å². The molecule has 0 aliphatic rings. The zero-order valence-corrected chi connectivity index (χ0v) is 9.58. The van der Waals surface area contributed by atoms with E-state index in [0.29, 0.717) is 5.88 Å². The van der Waals surface area contributed by atoms with Gasteiger partial charge in [0.2, 0.25) is 0 Å². The van der Waals surface area contributed by atoms with Crippen molar-refractivity contribution in [3.8, 4) is 5.75 Å². The van der Waals surface area contributed by atoms with Gasteiger partial charge in [-0.3, -0.25) is 0 Å². The van der Waals surface area contributed by atoms with Crippen molar-refractivity contribution >= 4 is 22.6 Å². The summed E-state index contributed by atoms with van der Waals surface area (Å²) in [5, 5.41) is 0. The highest BCUT2D eigenvalue weighted by molar-refractivity contribution is 6.16. The molecule has 0 atom stereocenters. The Bertz CT molecular complexity index is 479. The lowest BCUT2D eigenvalue weighted by Gasteiger charge is -2.04. The Morgan fingerprint density at radius 2 is 2.27 bits per heavy atom. The summed E-state index contributed by atoms with van der Waals surface area (Å²) >= 11 is 5.84. The number of aromatic nitrogens is 2. The highest BCUT2D eigenvalue weighted by Crippen LogP contribution is 2.22. The van der Waals surface area contributed by atoms with Crippen LogP contribution in [0.15, 0.2) is 18.2 Å². The Balaban J connectivity index is 2.67. The average molecular weight is 225 g/mol. The zero-order chi connectivity index (χ0) is 10.8. The third kappa shape index (κ3) is 1.67. The van der Waals surface area contributed by atoms with Crippen molar-refractivity contribution in [2.24, 2.45) is 0 Å². The second kappa shape index (κ2) is 4.11. The first kappa shape index (κ1) is 10.3. The van der Waals surface area contributed by atoms with E-state index in [9.17, 15) is 0 Å². The number of methoxy groups -OCH3 is 1. The van der Waals surface area contributed by atoms with Gasteiger partial charge in [-0.25, -0.2) is 4.98 Å². The number of hydrogen-bond acceptors (Lipinski definition) is 2. The minimum absolute atomic E-state index is 0.435. The quantitative estimate of drug-likeness (QED) is 0.750. The largest absolute Gasteiger partial charge is 0.497 e. The minimum atomic E-state index is 0.435. The van der Waals surface area contributed by atoms with E-state index < -0.39 is 0 Å². The van der Waals surface area contributed by atoms with E-state index in [2.05, 4.69) is 16.5 Å². The summed E-state index contributed by atoms with van der Waals surface area (Å²) in [5.74, 6) is 2.19. The second-order valence-corrected chi connectivity index (χ2v) is 3.53. The molecule has 0 aliphatic carbocycles. The number of rotatable bonds is 3. The molecular formula is C11H13ClN2O. The molecule has 1 aromatic heterocycles. The van der Waals surface area contributed by atoms with Gasteiger partial charge in [0.1, 0.15) is 11.6 Å². The van der Waals surface area contributed by atoms with Crippen LogP contribution in [-0.2, 0) is 12.4 Å². The summed E-state index contributed by atoms with van der Waals surface area (Å²) in [4.78, 5) is 4.45. The molecule has 4 heteroatoms. The average Bonchev–Trinajstić information content (AvgIpc) is 2.65. The van der Waals surface area contributed by atoms with Gasteiger partial charge in [-0.05, 0) is 19.1 Å². The summed E-state index contributed by atoms with van der Waals surface area (Å²) in [6.07, 6.45) is 0. The molecule has 15 heavy (non-hydrogen) atoms. The van der Waals surface area contributed by atoms with Crippen LogP contribution in [0.3, 0.4) is 0 Å². The molecule has 0 unspecified atom stereocenters. The van der Waals surface area contributed by atoms with Gasteiger partial charge in [-0.1, -0.05) is 0 Å². The lowest BCUT2D eigenvalue weighted by molar-refractivity contribution is 0.415. The zero-order valence-electron chi connectivity index (χ0n) is 8.83. The molecule has 0 bridgehead atoms. The molecule has 1 heterocycles. The van der Waals surface area contributed by atoms with E-state index in [1.165, 1.54) is 0 Å². The maximum atomic E-state index is 5.84. The molecule has 0 spiro atoms. The van der Waals surface area contributed by atoms with Crippen LogP contribution in [0.5, 0.6) is 5.75 Å². The Hall–Kier alpha value is -1.22. The van der Waals surface area contributed by atoms with Gasteiger partial charge in [0.05, 0.1) is 24.0 Å². The van der Waals surface area contributed by atoms with Gasteiger partial charge in [-0.2, -0.15) is 0 Å². The van der Waals surface area contributed by atoms with E-state index in [4.69, 9.17) is 16.3 Å². The van der Waals surface area contributed by atoms with Crippen LogP contribution in [0.1, 0.15) is 12.7 Å². The van der Waals surface area contributed by atoms with E-state index in [0.717, 1.165) is 29.2 Å². The summed E-state index contributed by atoms with van der Waals surface area (Å²) in [6.45, 7) is 2.95. The van der Waals surface area contributed by atoms with Crippen LogP contribution in [0.25, 0.3) is 11.0 Å². The van der Waals surface area contributed by atoms with Gasteiger partial charge in [0, 0.05) is 12.6 Å². The second-order valence-electron chi connectivity index (χ2n) is 3.26. The van der Waals surface area contributed by atoms with Crippen molar-refractivity contribution in [1.29, 1.82) is 0 Å². The number of fused-ring (bicyclic) bond motifs is 1. The fourth-order valence-electron chi connectivity index (χ4n) is 1.73. The van der Waals surface area contributed by atoms with Crippen molar-refractivity contribution in [2.45, 2.75) is 19.3 Å². The van der Waals surface area contributed by atoms with Gasteiger partial charge in [0.15, 0.2) is 0 Å². The summed E-state index contributed by atoms with van der Waals surface area (Å²) in [6, 6.07) is 5.85. The van der Waals surface area contributed by atoms with Crippen molar-refractivity contribution in [3.63, 3.8) is 0 Å². The topological polar surface area (TPSA) is 27.1 Å². The minimum Gasteiger partial charge on any atom is -0.497 e. The van der Waals surface area contributed by atoms with Crippen molar-refractivity contribution < 1.29 is 4.74 Å². The molecule has 80 valence electrons. The van der Waals surface area contributed by atoms with E-state index in [1.54, 1.807) is 7.11 Å². The molecule has 3 nitrogen and oxygen atoms in total. The fourth-order valence-corrected chi connectivity index (χ4v) is 1.94. The van der Waals surface area contributed by atoms with Gasteiger partial charge in [-0.15, -0.1) is 11.6 Å². The molecule has 0 saturated carbocycles. The third-order valence-electron chi connectivity index (χ3n) is 2.47. The van der Waals surface area contributed by atoms with Crippen LogP contribution in [0, 0.1) is 0 Å². The lowest BCUT2D eigenvalue weighted by atomic mass is 10.3. The molecule has 0 N–H and O–H groups in total. The Morgan fingerprint density at radius 3 is 2.87 bits per heavy atom. The number of halogens is 1. The number of nitrogens with zero attached hydrogens (tertiary/aromatic N) is 2. The highest BCUT2D eigenvalue weighted by atomic mass is 35.5. The van der Waals surface area contributed by atoms with Crippen LogP contribution in [-0.4, -0.2) is 16.7 Å². The molecule has 0 aliphatic heterocycles. The van der Waals surface area contributed by atoms with E-state index in [-0.39, 0.29) is 0 Å². The van der Waals surface area contributed by atoms with Crippen molar-refractivity contribution in [2.75, 3.05) is 7.11 Å². The molecule has 0 radical (unpaired) electrons. The first-order valence-corrected chi connectivity index (χ1v) is 5.42. The lowest BCUT2D eigenvalue weighted by Crippen LogP contribution is -1.99. The van der Waals surface area contributed by atoms with Gasteiger partial charge >= 0.3 is 0 Å². The number of aryl methyl sites for hydroxylation is 1. The van der Waals surface area contributed by atoms with Crippen molar-refractivity contribution in [3.05, 3.63) is 24.0 Å². The number of imidazole rings is 1. The maximum Gasteiger partial charge on any atom is 0.124 e. The molecule has 2 rings (SSSR count). The van der Waals surface area contributed by atoms with Crippen LogP contribution >= 0.6 is 11.6 Å². The predicted molar refractivity (Wildman–Crippen MR) is 61.5 cm³/mol. The first-order chi connectivity index (χ1) is 7.30.